The highest BCUT2D eigenvalue weighted by atomic mass is 16.5. The van der Waals surface area contributed by atoms with Crippen molar-refractivity contribution in [2.75, 3.05) is 33.7 Å². The van der Waals surface area contributed by atoms with Gasteiger partial charge in [0.15, 0.2) is 11.5 Å². The summed E-state index contributed by atoms with van der Waals surface area (Å²) in [6.07, 6.45) is 9.86. The minimum absolute atomic E-state index is 0.0287. The standard InChI is InChI=1S/C20H27N3O2/c1-22-6-3-4-14-10-20(25-19(14)22)13-23(2)7-5-16(20)9-18(23)15-8-17(11-21)24-12-15/h3-4,8,12,16,18,21H,5-7,9-11,13H2,1-2H3/t16?,18?,20-,23?/m0/s1. The fourth-order valence-electron chi connectivity index (χ4n) is 5.71. The zero-order valence-electron chi connectivity index (χ0n) is 15.1. The molecule has 1 N–H and O–H groups in total. The lowest BCUT2D eigenvalue weighted by atomic mass is 9.68. The number of likely N-dealkylation sites (N-methyl/N-ethyl adjacent to an activating group) is 2. The van der Waals surface area contributed by atoms with Gasteiger partial charge in [-0.15, -0.1) is 0 Å². The third-order valence-electron chi connectivity index (χ3n) is 6.96. The molecule has 3 fully saturated rings. The largest absolute Gasteiger partial charge is 0.671 e. The molecule has 25 heavy (non-hydrogen) atoms. The summed E-state index contributed by atoms with van der Waals surface area (Å²) in [5.74, 6) is 2.48. The van der Waals surface area contributed by atoms with Gasteiger partial charge in [0.05, 0.1) is 25.6 Å². The molecule has 1 aromatic heterocycles. The number of hydrogen-bond donors (Lipinski definition) is 0. The van der Waals surface area contributed by atoms with Crippen LogP contribution in [0.1, 0.15) is 36.6 Å². The number of furan rings is 1. The van der Waals surface area contributed by atoms with Gasteiger partial charge in [-0.25, -0.2) is 0 Å². The Balaban J connectivity index is 1.44. The van der Waals surface area contributed by atoms with Gasteiger partial charge in [0, 0.05) is 49.9 Å². The number of hydrogen-bond acceptors (Lipinski definition) is 3. The normalized spacial score (nSPS) is 39.2. The lowest BCUT2D eigenvalue weighted by molar-refractivity contribution is -0.962. The molecule has 3 saturated heterocycles. The van der Waals surface area contributed by atoms with Crippen molar-refractivity contribution in [2.24, 2.45) is 5.92 Å². The van der Waals surface area contributed by atoms with Gasteiger partial charge in [0.2, 0.25) is 0 Å². The molecule has 2 bridgehead atoms. The van der Waals surface area contributed by atoms with Crippen molar-refractivity contribution in [3.05, 3.63) is 53.0 Å². The first-order valence-electron chi connectivity index (χ1n) is 9.39. The third kappa shape index (κ3) is 2.15. The summed E-state index contributed by atoms with van der Waals surface area (Å²) >= 11 is 0. The summed E-state index contributed by atoms with van der Waals surface area (Å²) in [5, 5.41) is 0. The van der Waals surface area contributed by atoms with Crippen molar-refractivity contribution in [1.29, 1.82) is 0 Å². The van der Waals surface area contributed by atoms with Crippen molar-refractivity contribution in [2.45, 2.75) is 37.5 Å². The van der Waals surface area contributed by atoms with Gasteiger partial charge in [0.1, 0.15) is 12.6 Å². The van der Waals surface area contributed by atoms with Gasteiger partial charge in [-0.2, -0.15) is 0 Å². The quantitative estimate of drug-likeness (QED) is 0.772. The summed E-state index contributed by atoms with van der Waals surface area (Å²) in [6, 6.07) is 2.58. The Hall–Kier alpha value is -1.72. The molecule has 5 aliphatic rings. The van der Waals surface area contributed by atoms with Crippen molar-refractivity contribution >= 4 is 0 Å². The van der Waals surface area contributed by atoms with Crippen LogP contribution in [0.25, 0.3) is 5.73 Å². The van der Waals surface area contributed by atoms with Gasteiger partial charge in [-0.1, -0.05) is 18.7 Å². The molecule has 0 saturated carbocycles. The summed E-state index contributed by atoms with van der Waals surface area (Å²) < 4.78 is 13.3. The van der Waals surface area contributed by atoms with E-state index in [1.54, 1.807) is 0 Å². The van der Waals surface area contributed by atoms with E-state index in [4.69, 9.17) is 14.9 Å². The van der Waals surface area contributed by atoms with E-state index in [9.17, 15) is 0 Å². The Morgan fingerprint density at radius 2 is 2.32 bits per heavy atom. The van der Waals surface area contributed by atoms with E-state index in [0.717, 1.165) is 42.1 Å². The van der Waals surface area contributed by atoms with Crippen LogP contribution in [0.4, 0.5) is 0 Å². The highest BCUT2D eigenvalue weighted by Gasteiger charge is 2.62. The molecule has 4 atom stereocenters. The second-order valence-electron chi connectivity index (χ2n) is 8.58. The maximum atomic E-state index is 7.53. The zero-order valence-corrected chi connectivity index (χ0v) is 15.1. The number of ether oxygens (including phenoxy) is 1. The number of nitrogens with zero attached hydrogens (tertiary/aromatic N) is 2. The summed E-state index contributed by atoms with van der Waals surface area (Å²) in [4.78, 5) is 2.25. The van der Waals surface area contributed by atoms with Crippen molar-refractivity contribution in [3.8, 4) is 0 Å². The van der Waals surface area contributed by atoms with Gasteiger partial charge in [-0.3, -0.25) is 0 Å². The number of quaternary nitrogens is 1. The zero-order chi connectivity index (χ0) is 17.2. The van der Waals surface area contributed by atoms with Crippen LogP contribution in [0.2, 0.25) is 0 Å². The SMILES string of the molecule is CN1CC=CC2=C1O[C@@]1(C2)C[N+]2(C)CCC1CC2c1coc(C[NH-])c1. The molecule has 6 rings (SSSR count). The number of nitrogens with one attached hydrogen (secondary N) is 1. The topological polar surface area (TPSA) is 49.4 Å². The van der Waals surface area contributed by atoms with Crippen molar-refractivity contribution in [3.63, 3.8) is 0 Å². The molecule has 5 aliphatic heterocycles. The average Bonchev–Trinajstić information content (AvgIpc) is 3.20. The van der Waals surface area contributed by atoms with E-state index in [2.05, 4.69) is 37.2 Å². The summed E-state index contributed by atoms with van der Waals surface area (Å²) in [6.45, 7) is 3.44. The Morgan fingerprint density at radius 1 is 1.44 bits per heavy atom. The van der Waals surface area contributed by atoms with Crippen molar-refractivity contribution in [1.82, 2.24) is 4.90 Å². The Kier molecular flexibility index (Phi) is 3.20. The second kappa shape index (κ2) is 5.15. The number of allylic oxidation sites excluding steroid dienone is 1. The minimum Gasteiger partial charge on any atom is -0.671 e. The van der Waals surface area contributed by atoms with E-state index in [1.807, 2.05) is 6.26 Å². The van der Waals surface area contributed by atoms with E-state index in [0.29, 0.717) is 12.0 Å². The first-order valence-corrected chi connectivity index (χ1v) is 9.39. The number of piperidine rings is 3. The molecule has 5 heteroatoms. The van der Waals surface area contributed by atoms with Gasteiger partial charge < -0.3 is 24.3 Å². The van der Waals surface area contributed by atoms with Gasteiger partial charge in [0.25, 0.3) is 0 Å². The first kappa shape index (κ1) is 15.5. The van der Waals surface area contributed by atoms with Gasteiger partial charge in [-0.05, 0) is 6.07 Å². The molecule has 6 heterocycles. The summed E-state index contributed by atoms with van der Waals surface area (Å²) in [5.41, 5.74) is 10.2. The van der Waals surface area contributed by atoms with Crippen LogP contribution in [-0.4, -0.2) is 48.7 Å². The van der Waals surface area contributed by atoms with Crippen LogP contribution in [0.15, 0.2) is 40.4 Å². The Bertz CT molecular complexity index is 767. The second-order valence-corrected chi connectivity index (χ2v) is 8.58. The molecule has 0 amide bonds. The highest BCUT2D eigenvalue weighted by molar-refractivity contribution is 5.33. The van der Waals surface area contributed by atoms with Crippen LogP contribution < -0.4 is 0 Å². The molecule has 0 aliphatic carbocycles. The minimum atomic E-state index is -0.0287. The molecular weight excluding hydrogens is 314 g/mol. The predicted molar refractivity (Wildman–Crippen MR) is 95.3 cm³/mol. The lowest BCUT2D eigenvalue weighted by Crippen LogP contribution is -2.68. The van der Waals surface area contributed by atoms with Crippen LogP contribution in [0, 0.1) is 5.92 Å². The van der Waals surface area contributed by atoms with Crippen molar-refractivity contribution < 1.29 is 13.6 Å². The van der Waals surface area contributed by atoms with Crippen LogP contribution in [-0.2, 0) is 11.3 Å². The predicted octanol–water partition coefficient (Wildman–Crippen LogP) is 3.62. The lowest BCUT2D eigenvalue weighted by Gasteiger charge is -2.58. The summed E-state index contributed by atoms with van der Waals surface area (Å²) in [7, 11) is 4.52. The highest BCUT2D eigenvalue weighted by Crippen LogP contribution is 2.56. The molecular formula is C20H27N3O2. The third-order valence-corrected chi connectivity index (χ3v) is 6.96. The maximum absolute atomic E-state index is 7.53. The smallest absolute Gasteiger partial charge is 0.193 e. The van der Waals surface area contributed by atoms with Crippen LogP contribution >= 0.6 is 0 Å². The maximum Gasteiger partial charge on any atom is 0.193 e. The molecule has 0 radical (unpaired) electrons. The fourth-order valence-corrected chi connectivity index (χ4v) is 5.71. The molecule has 1 spiro atoms. The molecule has 134 valence electrons. The molecule has 0 aromatic carbocycles. The van der Waals surface area contributed by atoms with E-state index >= 15 is 0 Å². The van der Waals surface area contributed by atoms with Crippen LogP contribution in [0.3, 0.4) is 0 Å². The number of fused-ring (bicyclic) bond motifs is 2. The monoisotopic (exact) mass is 341 g/mol. The molecule has 3 unspecified atom stereocenters. The van der Waals surface area contributed by atoms with E-state index in [-0.39, 0.29) is 12.1 Å². The number of rotatable bonds is 2. The van der Waals surface area contributed by atoms with E-state index in [1.165, 1.54) is 24.1 Å². The van der Waals surface area contributed by atoms with E-state index < -0.39 is 0 Å². The average molecular weight is 341 g/mol. The molecule has 5 nitrogen and oxygen atoms in total. The van der Waals surface area contributed by atoms with Gasteiger partial charge >= 0.3 is 0 Å². The van der Waals surface area contributed by atoms with Crippen LogP contribution in [0.5, 0.6) is 0 Å². The Labute approximate surface area is 149 Å². The molecule has 1 aromatic rings. The first-order chi connectivity index (χ1) is 12.0. The Morgan fingerprint density at radius 3 is 3.04 bits per heavy atom. The fraction of sp³-hybridized carbons (Fsp3) is 0.600.